The van der Waals surface area contributed by atoms with Crippen molar-refractivity contribution in [3.05, 3.63) is 29.8 Å². The summed E-state index contributed by atoms with van der Waals surface area (Å²) in [5.74, 6) is -0.173. The van der Waals surface area contributed by atoms with Gasteiger partial charge < -0.3 is 4.74 Å². The number of hydrogen-bond acceptors (Lipinski definition) is 4. The van der Waals surface area contributed by atoms with Crippen LogP contribution in [0.15, 0.2) is 29.2 Å². The van der Waals surface area contributed by atoms with E-state index in [1.165, 1.54) is 0 Å². The molecular weight excluding hydrogens is 312 g/mol. The first-order valence-corrected chi connectivity index (χ1v) is 9.32. The van der Waals surface area contributed by atoms with Gasteiger partial charge >= 0.3 is 5.97 Å². The highest BCUT2D eigenvalue weighted by molar-refractivity contribution is 7.86. The number of unbranched alkanes of at least 4 members (excludes halogenated alkanes) is 2. The second-order valence-corrected chi connectivity index (χ2v) is 7.36. The Morgan fingerprint density at radius 2 is 1.70 bits per heavy atom. The number of hydrogen-bond donors (Lipinski definition) is 0. The molecule has 128 valence electrons. The quantitative estimate of drug-likeness (QED) is 0.483. The Balaban J connectivity index is 2.32. The first-order chi connectivity index (χ1) is 11.0. The standard InChI is InChI=1S/C18H26O4S/c1-4-22-18(20)9-7-5-6-8-17(19)15(3)23(21)16-12-10-14(2)11-13-16/h10-13,15H,4-9H2,1-3H3. The van der Waals surface area contributed by atoms with Gasteiger partial charge in [-0.15, -0.1) is 0 Å². The highest BCUT2D eigenvalue weighted by Crippen LogP contribution is 2.15. The zero-order chi connectivity index (χ0) is 17.2. The van der Waals surface area contributed by atoms with Crippen molar-refractivity contribution >= 4 is 22.6 Å². The number of esters is 1. The predicted molar refractivity (Wildman–Crippen MR) is 91.8 cm³/mol. The number of ketones is 1. The van der Waals surface area contributed by atoms with E-state index in [4.69, 9.17) is 4.74 Å². The number of carbonyl (C=O) groups excluding carboxylic acids is 2. The minimum Gasteiger partial charge on any atom is -0.466 e. The van der Waals surface area contributed by atoms with E-state index in [1.54, 1.807) is 13.8 Å². The third kappa shape index (κ3) is 7.08. The number of rotatable bonds is 10. The summed E-state index contributed by atoms with van der Waals surface area (Å²) in [4.78, 5) is 24.0. The largest absolute Gasteiger partial charge is 0.466 e. The van der Waals surface area contributed by atoms with Crippen LogP contribution in [0.25, 0.3) is 0 Å². The molecule has 0 bridgehead atoms. The number of aryl methyl sites for hydroxylation is 1. The van der Waals surface area contributed by atoms with Gasteiger partial charge in [0.15, 0.2) is 0 Å². The van der Waals surface area contributed by atoms with Crippen molar-refractivity contribution in [3.8, 4) is 0 Å². The normalized spacial score (nSPS) is 13.3. The molecule has 5 heteroatoms. The minimum absolute atomic E-state index is 0.0139. The molecule has 0 spiro atoms. The van der Waals surface area contributed by atoms with Crippen molar-refractivity contribution in [1.29, 1.82) is 0 Å². The lowest BCUT2D eigenvalue weighted by Gasteiger charge is -2.11. The SMILES string of the molecule is CCOC(=O)CCCCCC(=O)C(C)S(=O)c1ccc(C)cc1. The van der Waals surface area contributed by atoms with E-state index in [2.05, 4.69) is 0 Å². The third-order valence-electron chi connectivity index (χ3n) is 3.64. The molecule has 1 aromatic carbocycles. The van der Waals surface area contributed by atoms with Gasteiger partial charge in [0.05, 0.1) is 22.7 Å². The van der Waals surface area contributed by atoms with Gasteiger partial charge in [-0.05, 0) is 45.7 Å². The molecule has 0 aromatic heterocycles. The van der Waals surface area contributed by atoms with Crippen LogP contribution in [0.2, 0.25) is 0 Å². The highest BCUT2D eigenvalue weighted by Gasteiger charge is 2.20. The van der Waals surface area contributed by atoms with Crippen LogP contribution < -0.4 is 0 Å². The van der Waals surface area contributed by atoms with Crippen LogP contribution in [0, 0.1) is 6.92 Å². The predicted octanol–water partition coefficient (Wildman–Crippen LogP) is 3.57. The van der Waals surface area contributed by atoms with E-state index in [1.807, 2.05) is 31.2 Å². The summed E-state index contributed by atoms with van der Waals surface area (Å²) in [7, 11) is -1.31. The molecule has 2 unspecified atom stereocenters. The van der Waals surface area contributed by atoms with E-state index in [0.717, 1.165) is 18.4 Å². The number of carbonyl (C=O) groups is 2. The van der Waals surface area contributed by atoms with Crippen LogP contribution >= 0.6 is 0 Å². The van der Waals surface area contributed by atoms with Gasteiger partial charge in [-0.2, -0.15) is 0 Å². The van der Waals surface area contributed by atoms with Crippen molar-refractivity contribution in [3.63, 3.8) is 0 Å². The lowest BCUT2D eigenvalue weighted by atomic mass is 10.1. The second-order valence-electron chi connectivity index (χ2n) is 5.58. The molecule has 4 nitrogen and oxygen atoms in total. The highest BCUT2D eigenvalue weighted by atomic mass is 32.2. The molecule has 0 aliphatic carbocycles. The molecule has 2 atom stereocenters. The Morgan fingerprint density at radius 3 is 2.30 bits per heavy atom. The number of ether oxygens (including phenoxy) is 1. The summed E-state index contributed by atoms with van der Waals surface area (Å²) in [5.41, 5.74) is 1.10. The Labute approximate surface area is 141 Å². The van der Waals surface area contributed by atoms with Crippen molar-refractivity contribution in [2.45, 2.75) is 63.0 Å². The third-order valence-corrected chi connectivity index (χ3v) is 5.28. The van der Waals surface area contributed by atoms with E-state index in [-0.39, 0.29) is 11.8 Å². The number of Topliss-reactive ketones (excluding diaryl/α,β-unsaturated/α-hetero) is 1. The van der Waals surface area contributed by atoms with E-state index < -0.39 is 16.0 Å². The maximum atomic E-state index is 12.4. The molecule has 1 rings (SSSR count). The van der Waals surface area contributed by atoms with Crippen molar-refractivity contribution in [2.24, 2.45) is 0 Å². The molecular formula is C18H26O4S. The molecule has 0 radical (unpaired) electrons. The summed E-state index contributed by atoms with van der Waals surface area (Å²) in [6.07, 6.45) is 3.04. The summed E-state index contributed by atoms with van der Waals surface area (Å²) in [6, 6.07) is 7.43. The molecule has 0 saturated carbocycles. The van der Waals surface area contributed by atoms with E-state index >= 15 is 0 Å². The van der Waals surface area contributed by atoms with Crippen LogP contribution in [0.5, 0.6) is 0 Å². The van der Waals surface area contributed by atoms with Crippen molar-refractivity contribution < 1.29 is 18.5 Å². The molecule has 0 fully saturated rings. The van der Waals surface area contributed by atoms with E-state index in [9.17, 15) is 13.8 Å². The Bertz CT molecular complexity index is 536. The second kappa shape index (κ2) is 10.3. The summed E-state index contributed by atoms with van der Waals surface area (Å²) < 4.78 is 17.2. The summed E-state index contributed by atoms with van der Waals surface area (Å²) >= 11 is 0. The average Bonchev–Trinajstić information content (AvgIpc) is 2.54. The first-order valence-electron chi connectivity index (χ1n) is 8.11. The van der Waals surface area contributed by atoms with Gasteiger partial charge in [0.1, 0.15) is 5.78 Å². The fraction of sp³-hybridized carbons (Fsp3) is 0.556. The maximum absolute atomic E-state index is 12.4. The molecule has 0 heterocycles. The van der Waals surface area contributed by atoms with Gasteiger partial charge in [0, 0.05) is 17.7 Å². The van der Waals surface area contributed by atoms with Crippen molar-refractivity contribution in [1.82, 2.24) is 0 Å². The lowest BCUT2D eigenvalue weighted by molar-refractivity contribution is -0.143. The van der Waals surface area contributed by atoms with E-state index in [0.29, 0.717) is 30.8 Å². The fourth-order valence-corrected chi connectivity index (χ4v) is 3.35. The minimum atomic E-state index is -1.31. The Hall–Kier alpha value is -1.49. The van der Waals surface area contributed by atoms with Gasteiger partial charge in [0.25, 0.3) is 0 Å². The van der Waals surface area contributed by atoms with Gasteiger partial charge in [-0.1, -0.05) is 24.1 Å². The van der Waals surface area contributed by atoms with Crippen LogP contribution in [-0.4, -0.2) is 27.8 Å². The molecule has 23 heavy (non-hydrogen) atoms. The summed E-state index contributed by atoms with van der Waals surface area (Å²) in [6.45, 7) is 5.88. The molecule has 0 N–H and O–H groups in total. The molecule has 1 aromatic rings. The van der Waals surface area contributed by atoms with Crippen LogP contribution in [-0.2, 0) is 25.1 Å². The maximum Gasteiger partial charge on any atom is 0.305 e. The molecule has 0 aliphatic rings. The topological polar surface area (TPSA) is 60.4 Å². The zero-order valence-corrected chi connectivity index (χ0v) is 15.0. The smallest absolute Gasteiger partial charge is 0.305 e. The first kappa shape index (κ1) is 19.6. The molecule has 0 saturated heterocycles. The van der Waals surface area contributed by atoms with Gasteiger partial charge in [-0.3, -0.25) is 13.8 Å². The number of benzene rings is 1. The molecule has 0 aliphatic heterocycles. The lowest BCUT2D eigenvalue weighted by Crippen LogP contribution is -2.22. The zero-order valence-electron chi connectivity index (χ0n) is 14.2. The van der Waals surface area contributed by atoms with Crippen LogP contribution in [0.3, 0.4) is 0 Å². The van der Waals surface area contributed by atoms with Crippen LogP contribution in [0.1, 0.15) is 51.5 Å². The van der Waals surface area contributed by atoms with Crippen LogP contribution in [0.4, 0.5) is 0 Å². The monoisotopic (exact) mass is 338 g/mol. The Morgan fingerprint density at radius 1 is 1.09 bits per heavy atom. The molecule has 0 amide bonds. The van der Waals surface area contributed by atoms with Crippen molar-refractivity contribution in [2.75, 3.05) is 6.61 Å². The van der Waals surface area contributed by atoms with Gasteiger partial charge in [-0.25, -0.2) is 0 Å². The van der Waals surface area contributed by atoms with Gasteiger partial charge in [0.2, 0.25) is 0 Å². The average molecular weight is 338 g/mol. The summed E-state index contributed by atoms with van der Waals surface area (Å²) in [5, 5.41) is -0.497. The fourth-order valence-electron chi connectivity index (χ4n) is 2.18. The Kier molecular flexibility index (Phi) is 8.77.